The first kappa shape index (κ1) is 16.9. The number of nitrogens with one attached hydrogen (secondary N) is 1. The van der Waals surface area contributed by atoms with Crippen LogP contribution in [0.1, 0.15) is 27.2 Å². The molecule has 0 spiro atoms. The molecule has 0 aliphatic rings. The molecule has 2 atom stereocenters. The number of carbonyl (C=O) groups is 1. The summed E-state index contributed by atoms with van der Waals surface area (Å²) < 4.78 is 5.21. The largest absolute Gasteiger partial charge is 0.497 e. The number of methoxy groups -OCH3 is 1. The fourth-order valence-electron chi connectivity index (χ4n) is 2.17. The zero-order valence-electron chi connectivity index (χ0n) is 12.6. The van der Waals surface area contributed by atoms with Gasteiger partial charge in [0.15, 0.2) is 0 Å². The van der Waals surface area contributed by atoms with Crippen molar-refractivity contribution in [1.29, 1.82) is 0 Å². The van der Waals surface area contributed by atoms with E-state index in [-0.39, 0.29) is 11.2 Å². The van der Waals surface area contributed by atoms with E-state index in [0.29, 0.717) is 6.42 Å². The highest BCUT2D eigenvalue weighted by Gasteiger charge is 2.31. The second kappa shape index (κ2) is 7.55. The Morgan fingerprint density at radius 1 is 1.55 bits per heavy atom. The minimum absolute atomic E-state index is 0.263. The van der Waals surface area contributed by atoms with E-state index in [0.717, 1.165) is 17.2 Å². The Kier molecular flexibility index (Phi) is 6.36. The molecule has 1 rings (SSSR count). The Morgan fingerprint density at radius 3 is 2.80 bits per heavy atom. The third kappa shape index (κ3) is 4.72. The van der Waals surface area contributed by atoms with E-state index in [1.165, 1.54) is 0 Å². The summed E-state index contributed by atoms with van der Waals surface area (Å²) in [6.45, 7) is 6.65. The van der Waals surface area contributed by atoms with Gasteiger partial charge in [-0.1, -0.05) is 19.9 Å². The molecule has 0 radical (unpaired) electrons. The van der Waals surface area contributed by atoms with E-state index in [1.807, 2.05) is 38.1 Å². The fraction of sp³-hybridized carbons (Fsp3) is 0.533. The second-order valence-corrected chi connectivity index (χ2v) is 6.55. The smallest absolute Gasteiger partial charge is 0.237 e. The zero-order valence-corrected chi connectivity index (χ0v) is 13.4. The van der Waals surface area contributed by atoms with Gasteiger partial charge in [0.05, 0.1) is 12.6 Å². The number of rotatable bonds is 8. The molecule has 1 aromatic carbocycles. The molecule has 2 unspecified atom stereocenters. The van der Waals surface area contributed by atoms with Gasteiger partial charge in [0.2, 0.25) is 5.91 Å². The molecule has 0 aromatic heterocycles. The predicted molar refractivity (Wildman–Crippen MR) is 84.2 cm³/mol. The maximum Gasteiger partial charge on any atom is 0.237 e. The van der Waals surface area contributed by atoms with E-state index in [4.69, 9.17) is 10.5 Å². The van der Waals surface area contributed by atoms with Crippen LogP contribution in [0, 0.1) is 0 Å². The van der Waals surface area contributed by atoms with Gasteiger partial charge in [0.1, 0.15) is 5.75 Å². The van der Waals surface area contributed by atoms with Crippen molar-refractivity contribution in [3.05, 3.63) is 24.3 Å². The summed E-state index contributed by atoms with van der Waals surface area (Å²) in [4.78, 5) is 12.8. The number of hydrogen-bond acceptors (Lipinski definition) is 4. The Morgan fingerprint density at radius 2 is 2.25 bits per heavy atom. The lowest BCUT2D eigenvalue weighted by atomic mass is 9.95. The van der Waals surface area contributed by atoms with Crippen LogP contribution >= 0.6 is 11.8 Å². The maximum atomic E-state index is 11.6. The molecule has 3 N–H and O–H groups in total. The van der Waals surface area contributed by atoms with E-state index in [9.17, 15) is 4.79 Å². The lowest BCUT2D eigenvalue weighted by Crippen LogP contribution is -2.54. The molecule has 5 heteroatoms. The van der Waals surface area contributed by atoms with Crippen molar-refractivity contribution >= 4 is 17.7 Å². The summed E-state index contributed by atoms with van der Waals surface area (Å²) in [6, 6.07) is 7.92. The summed E-state index contributed by atoms with van der Waals surface area (Å²) >= 11 is 1.72. The third-order valence-electron chi connectivity index (χ3n) is 3.18. The highest BCUT2D eigenvalue weighted by atomic mass is 32.2. The first-order valence-electron chi connectivity index (χ1n) is 6.77. The van der Waals surface area contributed by atoms with Gasteiger partial charge in [-0.3, -0.25) is 4.79 Å². The lowest BCUT2D eigenvalue weighted by molar-refractivity contribution is -0.124. The molecule has 4 nitrogen and oxygen atoms in total. The van der Waals surface area contributed by atoms with Crippen molar-refractivity contribution in [2.45, 2.75) is 42.9 Å². The summed E-state index contributed by atoms with van der Waals surface area (Å²) in [7, 11) is 1.66. The fourth-order valence-corrected chi connectivity index (χ4v) is 3.40. The third-order valence-corrected chi connectivity index (χ3v) is 4.28. The van der Waals surface area contributed by atoms with Gasteiger partial charge < -0.3 is 15.8 Å². The van der Waals surface area contributed by atoms with E-state index < -0.39 is 5.54 Å². The monoisotopic (exact) mass is 296 g/mol. The van der Waals surface area contributed by atoms with Gasteiger partial charge in [0.25, 0.3) is 0 Å². The van der Waals surface area contributed by atoms with Crippen molar-refractivity contribution in [3.63, 3.8) is 0 Å². The van der Waals surface area contributed by atoms with Gasteiger partial charge in [-0.15, -0.1) is 11.8 Å². The minimum Gasteiger partial charge on any atom is -0.497 e. The number of hydrogen-bond donors (Lipinski definition) is 2. The maximum absolute atomic E-state index is 11.6. The zero-order chi connectivity index (χ0) is 15.2. The average Bonchev–Trinajstić information content (AvgIpc) is 2.38. The first-order chi connectivity index (χ1) is 9.41. The summed E-state index contributed by atoms with van der Waals surface area (Å²) in [5, 5.41) is 3.45. The average molecular weight is 296 g/mol. The minimum atomic E-state index is -0.667. The van der Waals surface area contributed by atoms with Crippen molar-refractivity contribution in [2.75, 3.05) is 13.7 Å². The lowest BCUT2D eigenvalue weighted by Gasteiger charge is -2.29. The number of carbonyl (C=O) groups excluding carboxylic acids is 1. The van der Waals surface area contributed by atoms with Crippen LogP contribution in [0.25, 0.3) is 0 Å². The van der Waals surface area contributed by atoms with Crippen LogP contribution in [0.3, 0.4) is 0 Å². The van der Waals surface area contributed by atoms with Crippen LogP contribution in [0.5, 0.6) is 5.75 Å². The van der Waals surface area contributed by atoms with Crippen LogP contribution in [0.2, 0.25) is 0 Å². The number of amides is 1. The van der Waals surface area contributed by atoms with Crippen molar-refractivity contribution < 1.29 is 9.53 Å². The molecule has 0 fully saturated rings. The second-order valence-electron chi connectivity index (χ2n) is 5.04. The molecule has 0 heterocycles. The number of nitrogens with two attached hydrogens (primary N) is 1. The number of primary amides is 1. The quantitative estimate of drug-likeness (QED) is 0.723. The van der Waals surface area contributed by atoms with Crippen molar-refractivity contribution in [3.8, 4) is 5.75 Å². The Balaban J connectivity index is 2.70. The Hall–Kier alpha value is -1.20. The molecule has 112 valence electrons. The predicted octanol–water partition coefficient (Wildman–Crippen LogP) is 2.42. The Labute approximate surface area is 125 Å². The molecule has 20 heavy (non-hydrogen) atoms. The first-order valence-corrected chi connectivity index (χ1v) is 7.65. The summed E-state index contributed by atoms with van der Waals surface area (Å²) in [6.07, 6.45) is 0.679. The van der Waals surface area contributed by atoms with E-state index >= 15 is 0 Å². The number of likely N-dealkylation sites (N-methyl/N-ethyl adjacent to an activating group) is 1. The topological polar surface area (TPSA) is 64.3 Å². The van der Waals surface area contributed by atoms with Crippen LogP contribution in [-0.2, 0) is 4.79 Å². The Bertz CT molecular complexity index is 453. The number of benzene rings is 1. The van der Waals surface area contributed by atoms with Crippen LogP contribution < -0.4 is 15.8 Å². The van der Waals surface area contributed by atoms with Crippen LogP contribution in [0.15, 0.2) is 29.2 Å². The van der Waals surface area contributed by atoms with Gasteiger partial charge in [-0.25, -0.2) is 0 Å². The SMILES string of the molecule is CCNC(C)(CC(C)Sc1cccc(OC)c1)C(N)=O. The highest BCUT2D eigenvalue weighted by Crippen LogP contribution is 2.30. The molecule has 0 saturated carbocycles. The molecule has 0 aliphatic heterocycles. The molecule has 0 bridgehead atoms. The molecular weight excluding hydrogens is 272 g/mol. The normalized spacial score (nSPS) is 15.4. The van der Waals surface area contributed by atoms with Gasteiger partial charge in [0, 0.05) is 10.1 Å². The molecular formula is C15H24N2O2S. The van der Waals surface area contributed by atoms with Gasteiger partial charge in [-0.2, -0.15) is 0 Å². The number of ether oxygens (including phenoxy) is 1. The van der Waals surface area contributed by atoms with Crippen LogP contribution in [0.4, 0.5) is 0 Å². The van der Waals surface area contributed by atoms with Crippen molar-refractivity contribution in [2.24, 2.45) is 5.73 Å². The van der Waals surface area contributed by atoms with Gasteiger partial charge >= 0.3 is 0 Å². The van der Waals surface area contributed by atoms with Crippen LogP contribution in [-0.4, -0.2) is 30.4 Å². The highest BCUT2D eigenvalue weighted by molar-refractivity contribution is 8.00. The molecule has 1 aromatic rings. The summed E-state index contributed by atoms with van der Waals surface area (Å²) in [5.41, 5.74) is 4.85. The van der Waals surface area contributed by atoms with E-state index in [1.54, 1.807) is 18.9 Å². The van der Waals surface area contributed by atoms with Crippen molar-refractivity contribution in [1.82, 2.24) is 5.32 Å². The molecule has 0 aliphatic carbocycles. The van der Waals surface area contributed by atoms with Gasteiger partial charge in [-0.05, 0) is 38.1 Å². The summed E-state index contributed by atoms with van der Waals surface area (Å²) in [5.74, 6) is 0.531. The molecule has 0 saturated heterocycles. The number of thioether (sulfide) groups is 1. The standard InChI is InChI=1S/C15H24N2O2S/c1-5-17-15(3,14(16)18)10-11(2)20-13-8-6-7-12(9-13)19-4/h6-9,11,17H,5,10H2,1-4H3,(H2,16,18). The van der Waals surface area contributed by atoms with E-state index in [2.05, 4.69) is 12.2 Å². The molecule has 1 amide bonds.